The largest absolute Gasteiger partial charge is 0.493 e. The van der Waals surface area contributed by atoms with Gasteiger partial charge in [-0.05, 0) is 77.9 Å². The molecule has 184 valence electrons. The SMILES string of the molecule is COc1cc(/C=C2/SC(=O)N(Cc3ccc(Cl)cc3)C2=O)ccc1OCC(=O)Nc1cccc(C)c1. The van der Waals surface area contributed by atoms with Gasteiger partial charge in [0.2, 0.25) is 0 Å². The average Bonchev–Trinajstić information content (AvgIpc) is 3.11. The fraction of sp³-hybridized carbons (Fsp3) is 0.148. The van der Waals surface area contributed by atoms with Crippen LogP contribution in [0.15, 0.2) is 71.6 Å². The highest BCUT2D eigenvalue weighted by molar-refractivity contribution is 8.18. The van der Waals surface area contributed by atoms with E-state index in [0.717, 1.165) is 22.9 Å². The number of carbonyl (C=O) groups excluding carboxylic acids is 3. The maximum absolute atomic E-state index is 12.9. The monoisotopic (exact) mass is 522 g/mol. The molecule has 7 nitrogen and oxygen atoms in total. The zero-order valence-electron chi connectivity index (χ0n) is 19.6. The van der Waals surface area contributed by atoms with Gasteiger partial charge < -0.3 is 14.8 Å². The third kappa shape index (κ3) is 6.27. The lowest BCUT2D eigenvalue weighted by molar-refractivity contribution is -0.123. The second kappa shape index (κ2) is 11.3. The second-order valence-electron chi connectivity index (χ2n) is 8.01. The van der Waals surface area contributed by atoms with Gasteiger partial charge in [0.15, 0.2) is 18.1 Å². The van der Waals surface area contributed by atoms with Crippen molar-refractivity contribution in [1.29, 1.82) is 0 Å². The number of ether oxygens (including phenoxy) is 2. The predicted octanol–water partition coefficient (Wildman–Crippen LogP) is 5.91. The number of hydrogen-bond acceptors (Lipinski definition) is 6. The van der Waals surface area contributed by atoms with Crippen LogP contribution < -0.4 is 14.8 Å². The molecular weight excluding hydrogens is 500 g/mol. The van der Waals surface area contributed by atoms with E-state index in [0.29, 0.717) is 32.7 Å². The summed E-state index contributed by atoms with van der Waals surface area (Å²) in [6, 6.07) is 19.5. The van der Waals surface area contributed by atoms with Crippen molar-refractivity contribution in [3.63, 3.8) is 0 Å². The summed E-state index contributed by atoms with van der Waals surface area (Å²) in [5.41, 5.74) is 3.18. The van der Waals surface area contributed by atoms with Gasteiger partial charge in [-0.25, -0.2) is 0 Å². The van der Waals surface area contributed by atoms with E-state index in [-0.39, 0.29) is 30.2 Å². The predicted molar refractivity (Wildman–Crippen MR) is 141 cm³/mol. The fourth-order valence-corrected chi connectivity index (χ4v) is 4.48. The molecule has 0 spiro atoms. The topological polar surface area (TPSA) is 84.9 Å². The Morgan fingerprint density at radius 1 is 1.06 bits per heavy atom. The Hall–Kier alpha value is -3.75. The molecule has 1 aliphatic rings. The summed E-state index contributed by atoms with van der Waals surface area (Å²) in [5, 5.41) is 3.03. The zero-order chi connectivity index (χ0) is 25.7. The maximum Gasteiger partial charge on any atom is 0.293 e. The van der Waals surface area contributed by atoms with Crippen molar-refractivity contribution < 1.29 is 23.9 Å². The van der Waals surface area contributed by atoms with Crippen molar-refractivity contribution in [1.82, 2.24) is 4.90 Å². The number of halogens is 1. The number of imide groups is 1. The molecule has 4 rings (SSSR count). The zero-order valence-corrected chi connectivity index (χ0v) is 21.2. The first-order valence-corrected chi connectivity index (χ1v) is 12.2. The van der Waals surface area contributed by atoms with Gasteiger partial charge >= 0.3 is 0 Å². The van der Waals surface area contributed by atoms with Crippen LogP contribution in [0.3, 0.4) is 0 Å². The van der Waals surface area contributed by atoms with E-state index in [2.05, 4.69) is 5.32 Å². The molecule has 9 heteroatoms. The molecule has 1 N–H and O–H groups in total. The molecule has 3 aromatic rings. The van der Waals surface area contributed by atoms with E-state index in [9.17, 15) is 14.4 Å². The van der Waals surface area contributed by atoms with Crippen LogP contribution in [0.5, 0.6) is 11.5 Å². The molecule has 0 radical (unpaired) electrons. The van der Waals surface area contributed by atoms with Gasteiger partial charge in [0.05, 0.1) is 18.6 Å². The second-order valence-corrected chi connectivity index (χ2v) is 9.44. The molecule has 0 aliphatic carbocycles. The molecule has 0 unspecified atom stereocenters. The Balaban J connectivity index is 1.41. The Morgan fingerprint density at radius 3 is 2.56 bits per heavy atom. The number of thioether (sulfide) groups is 1. The van der Waals surface area contributed by atoms with Gasteiger partial charge in [0, 0.05) is 10.7 Å². The number of anilines is 1. The lowest BCUT2D eigenvalue weighted by Gasteiger charge is -2.13. The lowest BCUT2D eigenvalue weighted by Crippen LogP contribution is -2.27. The highest BCUT2D eigenvalue weighted by Crippen LogP contribution is 2.35. The molecule has 36 heavy (non-hydrogen) atoms. The normalized spacial score (nSPS) is 14.3. The molecule has 1 heterocycles. The molecule has 1 saturated heterocycles. The Kier molecular flexibility index (Phi) is 7.97. The molecule has 1 aliphatic heterocycles. The summed E-state index contributed by atoms with van der Waals surface area (Å²) < 4.78 is 11.1. The summed E-state index contributed by atoms with van der Waals surface area (Å²) >= 11 is 6.79. The third-order valence-corrected chi connectivity index (χ3v) is 6.43. The van der Waals surface area contributed by atoms with Gasteiger partial charge in [-0.2, -0.15) is 0 Å². The van der Waals surface area contributed by atoms with Crippen LogP contribution in [0.1, 0.15) is 16.7 Å². The quantitative estimate of drug-likeness (QED) is 0.370. The summed E-state index contributed by atoms with van der Waals surface area (Å²) in [4.78, 5) is 39.1. The first-order valence-electron chi connectivity index (χ1n) is 11.0. The number of rotatable bonds is 8. The van der Waals surface area contributed by atoms with Crippen LogP contribution in [0.2, 0.25) is 5.02 Å². The number of hydrogen-bond donors (Lipinski definition) is 1. The summed E-state index contributed by atoms with van der Waals surface area (Å²) in [6.07, 6.45) is 1.63. The molecule has 3 amide bonds. The van der Waals surface area contributed by atoms with Crippen LogP contribution in [0, 0.1) is 6.92 Å². The van der Waals surface area contributed by atoms with E-state index in [1.54, 1.807) is 54.6 Å². The third-order valence-electron chi connectivity index (χ3n) is 5.27. The van der Waals surface area contributed by atoms with Crippen molar-refractivity contribution in [2.45, 2.75) is 13.5 Å². The van der Waals surface area contributed by atoms with Crippen molar-refractivity contribution in [2.24, 2.45) is 0 Å². The number of aryl methyl sites for hydroxylation is 1. The number of benzene rings is 3. The molecule has 0 bridgehead atoms. The standard InChI is InChI=1S/C27H23ClN2O5S/c1-17-4-3-5-21(12-17)29-25(31)16-35-22-11-8-19(13-23(22)34-2)14-24-26(32)30(27(33)36-24)15-18-6-9-20(28)10-7-18/h3-14H,15-16H2,1-2H3,(H,29,31)/b24-14+. The Bertz CT molecular complexity index is 1340. The van der Waals surface area contributed by atoms with E-state index >= 15 is 0 Å². The average molecular weight is 523 g/mol. The van der Waals surface area contributed by atoms with E-state index in [1.165, 1.54) is 12.0 Å². The van der Waals surface area contributed by atoms with E-state index in [1.807, 2.05) is 25.1 Å². The van der Waals surface area contributed by atoms with Gasteiger partial charge in [-0.15, -0.1) is 0 Å². The minimum atomic E-state index is -0.368. The molecule has 1 fully saturated rings. The number of amides is 3. The maximum atomic E-state index is 12.9. The van der Waals surface area contributed by atoms with Gasteiger partial charge in [-0.1, -0.05) is 41.9 Å². The highest BCUT2D eigenvalue weighted by atomic mass is 35.5. The van der Waals surface area contributed by atoms with E-state index < -0.39 is 0 Å². The number of nitrogens with one attached hydrogen (secondary N) is 1. The summed E-state index contributed by atoms with van der Waals surface area (Å²) in [7, 11) is 1.48. The number of carbonyl (C=O) groups is 3. The molecule has 0 atom stereocenters. The van der Waals surface area contributed by atoms with Gasteiger partial charge in [0.1, 0.15) is 0 Å². The first kappa shape index (κ1) is 25.3. The first-order chi connectivity index (χ1) is 17.3. The van der Waals surface area contributed by atoms with Gasteiger partial charge in [0.25, 0.3) is 17.1 Å². The van der Waals surface area contributed by atoms with Crippen LogP contribution in [-0.4, -0.2) is 35.7 Å². The van der Waals surface area contributed by atoms with Crippen molar-refractivity contribution in [3.8, 4) is 11.5 Å². The smallest absolute Gasteiger partial charge is 0.293 e. The molecular formula is C27H23ClN2O5S. The van der Waals surface area contributed by atoms with Crippen LogP contribution in [-0.2, 0) is 16.1 Å². The van der Waals surface area contributed by atoms with Crippen LogP contribution >= 0.6 is 23.4 Å². The van der Waals surface area contributed by atoms with Crippen molar-refractivity contribution in [2.75, 3.05) is 19.0 Å². The minimum Gasteiger partial charge on any atom is -0.493 e. The minimum absolute atomic E-state index is 0.167. The molecule has 0 saturated carbocycles. The van der Waals surface area contributed by atoms with Gasteiger partial charge in [-0.3, -0.25) is 19.3 Å². The summed E-state index contributed by atoms with van der Waals surface area (Å²) in [6.45, 7) is 1.91. The summed E-state index contributed by atoms with van der Waals surface area (Å²) in [5.74, 6) is 0.102. The molecule has 0 aromatic heterocycles. The fourth-order valence-electron chi connectivity index (χ4n) is 3.52. The Morgan fingerprint density at radius 2 is 1.83 bits per heavy atom. The molecule has 3 aromatic carbocycles. The van der Waals surface area contributed by atoms with Crippen molar-refractivity contribution in [3.05, 3.63) is 93.3 Å². The Labute approximate surface area is 218 Å². The number of methoxy groups -OCH3 is 1. The number of nitrogens with zero attached hydrogens (tertiary/aromatic N) is 1. The van der Waals surface area contributed by atoms with Crippen LogP contribution in [0.25, 0.3) is 6.08 Å². The van der Waals surface area contributed by atoms with E-state index in [4.69, 9.17) is 21.1 Å². The highest BCUT2D eigenvalue weighted by Gasteiger charge is 2.35. The van der Waals surface area contributed by atoms with Crippen LogP contribution in [0.4, 0.5) is 10.5 Å². The lowest BCUT2D eigenvalue weighted by atomic mass is 10.1. The van der Waals surface area contributed by atoms with Crippen molar-refractivity contribution >= 4 is 52.2 Å².